The topological polar surface area (TPSA) is 66.8 Å². The maximum atomic E-state index is 11.1. The van der Waals surface area contributed by atoms with Crippen molar-refractivity contribution in [2.45, 2.75) is 58.5 Å². The summed E-state index contributed by atoms with van der Waals surface area (Å²) in [5, 5.41) is 19.2. The van der Waals surface area contributed by atoms with Gasteiger partial charge in [-0.3, -0.25) is 4.79 Å². The Balaban J connectivity index is 2.60. The first-order valence-corrected chi connectivity index (χ1v) is 8.85. The van der Waals surface area contributed by atoms with Crippen molar-refractivity contribution in [3.63, 3.8) is 0 Å². The smallest absolute Gasteiger partial charge is 0.303 e. The molecule has 4 atom stereocenters. The number of aliphatic hydroxyl groups is 1. The highest BCUT2D eigenvalue weighted by Gasteiger charge is 2.33. The van der Waals surface area contributed by atoms with Gasteiger partial charge in [0.2, 0.25) is 0 Å². The molecule has 1 fully saturated rings. The summed E-state index contributed by atoms with van der Waals surface area (Å²) in [6, 6.07) is 0. The zero-order valence-corrected chi connectivity index (χ0v) is 14.5. The van der Waals surface area contributed by atoms with Gasteiger partial charge in [-0.25, -0.2) is 0 Å². The third kappa shape index (κ3) is 7.80. The summed E-state index contributed by atoms with van der Waals surface area (Å²) in [7, 11) is 0. The molecule has 0 bridgehead atoms. The quantitative estimate of drug-likeness (QED) is 0.448. The molecule has 0 radical (unpaired) electrons. The van der Waals surface area contributed by atoms with Gasteiger partial charge < -0.3 is 14.9 Å². The number of aliphatic carboxylic acids is 1. The number of unbranched alkanes of at least 4 members (excludes halogenated alkanes) is 2. The van der Waals surface area contributed by atoms with Crippen molar-refractivity contribution >= 4 is 5.97 Å². The van der Waals surface area contributed by atoms with Crippen LogP contribution in [-0.4, -0.2) is 35.5 Å². The van der Waals surface area contributed by atoms with Crippen molar-refractivity contribution in [3.05, 3.63) is 24.3 Å². The van der Waals surface area contributed by atoms with E-state index in [2.05, 4.69) is 6.92 Å². The SMILES string of the molecule is CC=CC[C@H](CC(=O)O)C1COC[C@@H]1C=CC(O)CCCCC. The molecule has 0 saturated carbocycles. The van der Waals surface area contributed by atoms with Gasteiger partial charge in [0, 0.05) is 12.3 Å². The third-order valence-electron chi connectivity index (χ3n) is 4.57. The number of hydrogen-bond donors (Lipinski definition) is 2. The molecule has 1 rings (SSSR count). The minimum atomic E-state index is -0.756. The van der Waals surface area contributed by atoms with Gasteiger partial charge in [0.1, 0.15) is 0 Å². The summed E-state index contributed by atoms with van der Waals surface area (Å²) in [4.78, 5) is 11.1. The highest BCUT2D eigenvalue weighted by molar-refractivity contribution is 5.67. The molecule has 2 N–H and O–H groups in total. The van der Waals surface area contributed by atoms with E-state index in [0.29, 0.717) is 13.2 Å². The van der Waals surface area contributed by atoms with E-state index in [0.717, 1.165) is 32.1 Å². The molecule has 0 aliphatic carbocycles. The second kappa shape index (κ2) is 11.4. The van der Waals surface area contributed by atoms with Crippen LogP contribution in [0.2, 0.25) is 0 Å². The molecule has 0 aromatic rings. The van der Waals surface area contributed by atoms with E-state index >= 15 is 0 Å². The van der Waals surface area contributed by atoms with E-state index in [4.69, 9.17) is 9.84 Å². The molecule has 0 aromatic carbocycles. The summed E-state index contributed by atoms with van der Waals surface area (Å²) in [6.45, 7) is 5.33. The second-order valence-corrected chi connectivity index (χ2v) is 6.48. The Morgan fingerprint density at radius 3 is 2.78 bits per heavy atom. The van der Waals surface area contributed by atoms with E-state index in [1.165, 1.54) is 0 Å². The fraction of sp³-hybridized carbons (Fsp3) is 0.737. The summed E-state index contributed by atoms with van der Waals surface area (Å²) in [6.07, 6.45) is 12.6. The first-order chi connectivity index (χ1) is 11.1. The van der Waals surface area contributed by atoms with Crippen LogP contribution in [0.5, 0.6) is 0 Å². The van der Waals surface area contributed by atoms with Gasteiger partial charge >= 0.3 is 5.97 Å². The van der Waals surface area contributed by atoms with Crippen LogP contribution in [0, 0.1) is 17.8 Å². The Bertz CT molecular complexity index is 389. The predicted molar refractivity (Wildman–Crippen MR) is 92.3 cm³/mol. The van der Waals surface area contributed by atoms with Crippen molar-refractivity contribution in [3.8, 4) is 0 Å². The average Bonchev–Trinajstić information content (AvgIpc) is 2.97. The fourth-order valence-corrected chi connectivity index (χ4v) is 3.19. The Kier molecular flexibility index (Phi) is 9.88. The number of aliphatic hydroxyl groups excluding tert-OH is 1. The lowest BCUT2D eigenvalue weighted by Gasteiger charge is -2.23. The van der Waals surface area contributed by atoms with Crippen LogP contribution in [0.3, 0.4) is 0 Å². The monoisotopic (exact) mass is 324 g/mol. The first-order valence-electron chi connectivity index (χ1n) is 8.85. The molecule has 4 heteroatoms. The minimum absolute atomic E-state index is 0.0816. The van der Waals surface area contributed by atoms with Crippen molar-refractivity contribution in [2.24, 2.45) is 17.8 Å². The van der Waals surface area contributed by atoms with Crippen molar-refractivity contribution < 1.29 is 19.7 Å². The van der Waals surface area contributed by atoms with Crippen molar-refractivity contribution in [1.29, 1.82) is 0 Å². The molecule has 0 aromatic heterocycles. The lowest BCUT2D eigenvalue weighted by Crippen LogP contribution is -2.24. The number of rotatable bonds is 11. The van der Waals surface area contributed by atoms with E-state index in [9.17, 15) is 9.90 Å². The second-order valence-electron chi connectivity index (χ2n) is 6.48. The molecule has 132 valence electrons. The lowest BCUT2D eigenvalue weighted by atomic mass is 9.79. The van der Waals surface area contributed by atoms with E-state index < -0.39 is 12.1 Å². The molecule has 1 saturated heterocycles. The van der Waals surface area contributed by atoms with Crippen LogP contribution in [0.1, 0.15) is 52.4 Å². The Morgan fingerprint density at radius 1 is 1.35 bits per heavy atom. The molecule has 23 heavy (non-hydrogen) atoms. The number of carbonyl (C=O) groups is 1. The van der Waals surface area contributed by atoms with Gasteiger partial charge in [0.05, 0.1) is 19.3 Å². The average molecular weight is 324 g/mol. The Labute approximate surface area is 140 Å². The highest BCUT2D eigenvalue weighted by Crippen LogP contribution is 2.33. The zero-order chi connectivity index (χ0) is 17.1. The summed E-state index contributed by atoms with van der Waals surface area (Å²) < 4.78 is 5.59. The van der Waals surface area contributed by atoms with Gasteiger partial charge in [0.25, 0.3) is 0 Å². The maximum Gasteiger partial charge on any atom is 0.303 e. The first kappa shape index (κ1) is 19.9. The molecule has 1 aliphatic rings. The molecule has 1 aliphatic heterocycles. The predicted octanol–water partition coefficient (Wildman–Crippen LogP) is 3.80. The highest BCUT2D eigenvalue weighted by atomic mass is 16.5. The van der Waals surface area contributed by atoms with Gasteiger partial charge in [-0.1, -0.05) is 50.5 Å². The third-order valence-corrected chi connectivity index (χ3v) is 4.57. The number of ether oxygens (including phenoxy) is 1. The Morgan fingerprint density at radius 2 is 2.13 bits per heavy atom. The molecular formula is C19H32O4. The summed E-state index contributed by atoms with van der Waals surface area (Å²) in [5.74, 6) is -0.265. The van der Waals surface area contributed by atoms with Gasteiger partial charge in [-0.15, -0.1) is 0 Å². The van der Waals surface area contributed by atoms with Crippen LogP contribution in [0.25, 0.3) is 0 Å². The van der Waals surface area contributed by atoms with Crippen molar-refractivity contribution in [1.82, 2.24) is 0 Å². The van der Waals surface area contributed by atoms with Crippen LogP contribution in [-0.2, 0) is 9.53 Å². The number of hydrogen-bond acceptors (Lipinski definition) is 3. The van der Waals surface area contributed by atoms with Crippen molar-refractivity contribution in [2.75, 3.05) is 13.2 Å². The normalized spacial score (nSPS) is 24.5. The summed E-state index contributed by atoms with van der Waals surface area (Å²) >= 11 is 0. The minimum Gasteiger partial charge on any atom is -0.481 e. The molecule has 1 heterocycles. The molecular weight excluding hydrogens is 292 g/mol. The van der Waals surface area contributed by atoms with E-state index in [-0.39, 0.29) is 24.2 Å². The maximum absolute atomic E-state index is 11.1. The summed E-state index contributed by atoms with van der Waals surface area (Å²) in [5.41, 5.74) is 0. The van der Waals surface area contributed by atoms with E-state index in [1.807, 2.05) is 31.2 Å². The fourth-order valence-electron chi connectivity index (χ4n) is 3.19. The number of allylic oxidation sites excluding steroid dienone is 2. The van der Waals surface area contributed by atoms with Crippen LogP contribution in [0.4, 0.5) is 0 Å². The Hall–Kier alpha value is -1.13. The molecule has 4 nitrogen and oxygen atoms in total. The van der Waals surface area contributed by atoms with Crippen LogP contribution < -0.4 is 0 Å². The molecule has 0 amide bonds. The lowest BCUT2D eigenvalue weighted by molar-refractivity contribution is -0.138. The van der Waals surface area contributed by atoms with E-state index in [1.54, 1.807) is 0 Å². The largest absolute Gasteiger partial charge is 0.481 e. The van der Waals surface area contributed by atoms with Gasteiger partial charge in [-0.2, -0.15) is 0 Å². The molecule has 2 unspecified atom stereocenters. The zero-order valence-electron chi connectivity index (χ0n) is 14.5. The van der Waals surface area contributed by atoms with Crippen LogP contribution in [0.15, 0.2) is 24.3 Å². The molecule has 0 spiro atoms. The number of carboxylic acid groups (broad SMARTS) is 1. The van der Waals surface area contributed by atoms with Crippen LogP contribution >= 0.6 is 0 Å². The number of carboxylic acids is 1. The van der Waals surface area contributed by atoms with Gasteiger partial charge in [0.15, 0.2) is 0 Å². The van der Waals surface area contributed by atoms with Gasteiger partial charge in [-0.05, 0) is 31.6 Å². The standard InChI is InChI=1S/C19H32O4/c1-3-5-7-9-17(20)11-10-16-13-23-14-18(16)15(8-6-4-2)12-19(21)22/h4,6,10-11,15-18,20H,3,5,7-9,12-14H2,1-2H3,(H,21,22)/t15-,16+,17?,18?/m1/s1.